The van der Waals surface area contributed by atoms with Crippen molar-refractivity contribution >= 4 is 23.6 Å². The number of hydrogen-bond acceptors (Lipinski definition) is 3. The number of benzene rings is 3. The third kappa shape index (κ3) is 4.97. The molecule has 4 rings (SSSR count). The van der Waals surface area contributed by atoms with Crippen LogP contribution in [-0.2, 0) is 4.79 Å². The second kappa shape index (κ2) is 8.97. The maximum Gasteiger partial charge on any atom is 0.328 e. The number of amides is 1. The van der Waals surface area contributed by atoms with Gasteiger partial charge in [-0.2, -0.15) is 0 Å². The van der Waals surface area contributed by atoms with Crippen LogP contribution in [-0.4, -0.2) is 17.0 Å². The van der Waals surface area contributed by atoms with E-state index in [9.17, 15) is 9.59 Å². The number of carboxylic acids is 1. The summed E-state index contributed by atoms with van der Waals surface area (Å²) in [4.78, 5) is 23.3. The molecule has 0 bridgehead atoms. The first kappa shape index (κ1) is 19.9. The number of rotatable bonds is 6. The van der Waals surface area contributed by atoms with Crippen molar-refractivity contribution in [2.24, 2.45) is 0 Å². The summed E-state index contributed by atoms with van der Waals surface area (Å²) in [6, 6.07) is 28.3. The molecular formula is C26H19NO4. The summed E-state index contributed by atoms with van der Waals surface area (Å²) in [6.45, 7) is 0. The number of anilines is 1. The molecule has 0 saturated heterocycles. The number of carboxylic acid groups (broad SMARTS) is 1. The van der Waals surface area contributed by atoms with Crippen LogP contribution >= 0.6 is 0 Å². The van der Waals surface area contributed by atoms with Gasteiger partial charge in [-0.25, -0.2) is 4.79 Å². The van der Waals surface area contributed by atoms with Crippen molar-refractivity contribution in [3.05, 3.63) is 108 Å². The van der Waals surface area contributed by atoms with Crippen molar-refractivity contribution in [2.45, 2.75) is 0 Å². The SMILES string of the molecule is O=C(O)C=Cc1cccc(NC(=O)c2ccc(-c3cccc(-c4ccccc4)c3)o2)c1. The zero-order valence-corrected chi connectivity index (χ0v) is 16.5. The second-order valence-corrected chi connectivity index (χ2v) is 6.86. The Bertz CT molecular complexity index is 1260. The quantitative estimate of drug-likeness (QED) is 0.385. The highest BCUT2D eigenvalue weighted by Crippen LogP contribution is 2.28. The summed E-state index contributed by atoms with van der Waals surface area (Å²) < 4.78 is 5.80. The van der Waals surface area contributed by atoms with Crippen LogP contribution in [0.3, 0.4) is 0 Å². The lowest BCUT2D eigenvalue weighted by molar-refractivity contribution is -0.131. The monoisotopic (exact) mass is 409 g/mol. The molecule has 0 radical (unpaired) electrons. The average molecular weight is 409 g/mol. The minimum absolute atomic E-state index is 0.187. The fourth-order valence-corrected chi connectivity index (χ4v) is 3.18. The van der Waals surface area contributed by atoms with Crippen molar-refractivity contribution < 1.29 is 19.1 Å². The van der Waals surface area contributed by atoms with E-state index in [4.69, 9.17) is 9.52 Å². The maximum absolute atomic E-state index is 12.6. The number of furan rings is 1. The first-order chi connectivity index (χ1) is 15.1. The standard InChI is InChI=1S/C26H19NO4/c28-25(29)15-12-18-6-4-11-22(16-18)27-26(30)24-14-13-23(31-24)21-10-5-9-20(17-21)19-7-2-1-3-8-19/h1-17H,(H,27,30)(H,28,29). The van der Waals surface area contributed by atoms with Gasteiger partial charge in [-0.05, 0) is 53.1 Å². The van der Waals surface area contributed by atoms with Gasteiger partial charge in [0.25, 0.3) is 5.91 Å². The maximum atomic E-state index is 12.6. The molecule has 5 nitrogen and oxygen atoms in total. The van der Waals surface area contributed by atoms with E-state index >= 15 is 0 Å². The molecule has 4 aromatic rings. The summed E-state index contributed by atoms with van der Waals surface area (Å²) in [5.74, 6) is -0.633. The number of nitrogens with one attached hydrogen (secondary N) is 1. The lowest BCUT2D eigenvalue weighted by atomic mass is 10.0. The van der Waals surface area contributed by atoms with E-state index in [1.807, 2.05) is 54.6 Å². The highest BCUT2D eigenvalue weighted by atomic mass is 16.4. The van der Waals surface area contributed by atoms with E-state index < -0.39 is 5.97 Å². The van der Waals surface area contributed by atoms with E-state index in [0.717, 1.165) is 22.8 Å². The molecule has 3 aromatic carbocycles. The third-order valence-corrected chi connectivity index (χ3v) is 4.65. The highest BCUT2D eigenvalue weighted by molar-refractivity contribution is 6.02. The number of hydrogen-bond donors (Lipinski definition) is 2. The van der Waals surface area contributed by atoms with Crippen molar-refractivity contribution in [1.82, 2.24) is 0 Å². The molecule has 0 aliphatic rings. The second-order valence-electron chi connectivity index (χ2n) is 6.86. The Morgan fingerprint density at radius 2 is 1.52 bits per heavy atom. The summed E-state index contributed by atoms with van der Waals surface area (Å²) in [5, 5.41) is 11.5. The molecule has 1 heterocycles. The Hall–Kier alpha value is -4.38. The zero-order valence-electron chi connectivity index (χ0n) is 16.5. The van der Waals surface area contributed by atoms with Gasteiger partial charge in [-0.15, -0.1) is 0 Å². The molecule has 0 aliphatic carbocycles. The van der Waals surface area contributed by atoms with Gasteiger partial charge in [0.05, 0.1) is 0 Å². The minimum Gasteiger partial charge on any atom is -0.478 e. The van der Waals surface area contributed by atoms with E-state index in [2.05, 4.69) is 5.32 Å². The Labute approximate surface area is 179 Å². The van der Waals surface area contributed by atoms with Gasteiger partial charge in [-0.1, -0.05) is 60.7 Å². The van der Waals surface area contributed by atoms with Crippen molar-refractivity contribution in [1.29, 1.82) is 0 Å². The van der Waals surface area contributed by atoms with E-state index in [1.165, 1.54) is 6.08 Å². The van der Waals surface area contributed by atoms with Crippen molar-refractivity contribution in [2.75, 3.05) is 5.32 Å². The fourth-order valence-electron chi connectivity index (χ4n) is 3.18. The van der Waals surface area contributed by atoms with Crippen LogP contribution in [0.25, 0.3) is 28.5 Å². The molecule has 0 atom stereocenters. The Kier molecular flexibility index (Phi) is 5.76. The predicted molar refractivity (Wildman–Crippen MR) is 121 cm³/mol. The summed E-state index contributed by atoms with van der Waals surface area (Å²) >= 11 is 0. The summed E-state index contributed by atoms with van der Waals surface area (Å²) in [6.07, 6.45) is 2.51. The van der Waals surface area contributed by atoms with Crippen LogP contribution in [0.1, 0.15) is 16.1 Å². The third-order valence-electron chi connectivity index (χ3n) is 4.65. The molecule has 5 heteroatoms. The Morgan fingerprint density at radius 1 is 0.774 bits per heavy atom. The number of carbonyl (C=O) groups is 2. The van der Waals surface area contributed by atoms with E-state index in [0.29, 0.717) is 17.0 Å². The van der Waals surface area contributed by atoms with Crippen LogP contribution in [0.4, 0.5) is 5.69 Å². The van der Waals surface area contributed by atoms with Crippen LogP contribution < -0.4 is 5.32 Å². The number of carbonyl (C=O) groups excluding carboxylic acids is 1. The predicted octanol–water partition coefficient (Wildman–Crippen LogP) is 5.96. The highest BCUT2D eigenvalue weighted by Gasteiger charge is 2.13. The van der Waals surface area contributed by atoms with Gasteiger partial charge < -0.3 is 14.8 Å². The molecule has 0 spiro atoms. The van der Waals surface area contributed by atoms with Crippen molar-refractivity contribution in [3.8, 4) is 22.5 Å². The molecule has 31 heavy (non-hydrogen) atoms. The van der Waals surface area contributed by atoms with Crippen molar-refractivity contribution in [3.63, 3.8) is 0 Å². The smallest absolute Gasteiger partial charge is 0.328 e. The lowest BCUT2D eigenvalue weighted by Crippen LogP contribution is -2.10. The molecule has 0 fully saturated rings. The molecule has 152 valence electrons. The first-order valence-electron chi connectivity index (χ1n) is 9.66. The molecule has 2 N–H and O–H groups in total. The van der Waals surface area contributed by atoms with E-state index in [-0.39, 0.29) is 11.7 Å². The molecule has 0 saturated carbocycles. The molecular weight excluding hydrogens is 390 g/mol. The zero-order chi connectivity index (χ0) is 21.6. The van der Waals surface area contributed by atoms with Crippen LogP contribution in [0.15, 0.2) is 101 Å². The minimum atomic E-state index is -1.03. The lowest BCUT2D eigenvalue weighted by Gasteiger charge is -2.05. The van der Waals surface area contributed by atoms with Gasteiger partial charge in [-0.3, -0.25) is 4.79 Å². The number of aliphatic carboxylic acids is 1. The molecule has 0 aliphatic heterocycles. The van der Waals surface area contributed by atoms with Gasteiger partial charge in [0.1, 0.15) is 5.76 Å². The van der Waals surface area contributed by atoms with Gasteiger partial charge in [0, 0.05) is 17.3 Å². The first-order valence-corrected chi connectivity index (χ1v) is 9.66. The molecule has 1 amide bonds. The van der Waals surface area contributed by atoms with Crippen LogP contribution in [0, 0.1) is 0 Å². The Balaban J connectivity index is 1.51. The average Bonchev–Trinajstić information content (AvgIpc) is 3.29. The van der Waals surface area contributed by atoms with Gasteiger partial charge >= 0.3 is 5.97 Å². The summed E-state index contributed by atoms with van der Waals surface area (Å²) in [7, 11) is 0. The summed E-state index contributed by atoms with van der Waals surface area (Å²) in [5.41, 5.74) is 4.25. The van der Waals surface area contributed by atoms with Gasteiger partial charge in [0.15, 0.2) is 5.76 Å². The molecule has 0 unspecified atom stereocenters. The van der Waals surface area contributed by atoms with Gasteiger partial charge in [0.2, 0.25) is 0 Å². The topological polar surface area (TPSA) is 79.5 Å². The molecule has 1 aromatic heterocycles. The van der Waals surface area contributed by atoms with Crippen LogP contribution in [0.5, 0.6) is 0 Å². The normalized spacial score (nSPS) is 10.8. The van der Waals surface area contributed by atoms with Crippen LogP contribution in [0.2, 0.25) is 0 Å². The van der Waals surface area contributed by atoms with E-state index in [1.54, 1.807) is 36.4 Å². The Morgan fingerprint density at radius 3 is 2.32 bits per heavy atom. The fraction of sp³-hybridized carbons (Fsp3) is 0. The largest absolute Gasteiger partial charge is 0.478 e.